The molecule has 0 aromatic rings. The summed E-state index contributed by atoms with van der Waals surface area (Å²) in [6.45, 7) is 8.91. The molecule has 0 N–H and O–H groups in total. The molecule has 0 aromatic carbocycles. The molecule has 0 atom stereocenters. The maximum atomic E-state index is 12.6. The minimum Gasteiger partial charge on any atom is -0.207 e. The van der Waals surface area contributed by atoms with Gasteiger partial charge in [-0.25, -0.2) is 4.39 Å². The van der Waals surface area contributed by atoms with Crippen molar-refractivity contribution in [3.05, 3.63) is 35.7 Å². The van der Waals surface area contributed by atoms with Crippen LogP contribution < -0.4 is 0 Å². The van der Waals surface area contributed by atoms with Gasteiger partial charge in [-0.05, 0) is 32.4 Å². The summed E-state index contributed by atoms with van der Waals surface area (Å²) in [5, 5.41) is 0. The van der Waals surface area contributed by atoms with Gasteiger partial charge in [-0.1, -0.05) is 18.2 Å². The first-order valence-corrected chi connectivity index (χ1v) is 3.20. The van der Waals surface area contributed by atoms with Crippen LogP contribution in [-0.4, -0.2) is 0 Å². The first-order chi connectivity index (χ1) is 4.54. The molecule has 0 aliphatic rings. The SMILES string of the molecule is C=C(C)/C=C\C(F)=C(C)C. The average molecular weight is 140 g/mol. The first kappa shape index (κ1) is 9.15. The van der Waals surface area contributed by atoms with Crippen molar-refractivity contribution >= 4 is 0 Å². The Labute approximate surface area is 61.8 Å². The van der Waals surface area contributed by atoms with E-state index in [0.717, 1.165) is 5.57 Å². The summed E-state index contributed by atoms with van der Waals surface area (Å²) in [5.74, 6) is -0.178. The smallest absolute Gasteiger partial charge is 0.121 e. The predicted molar refractivity (Wildman–Crippen MR) is 43.4 cm³/mol. The van der Waals surface area contributed by atoms with Crippen LogP contribution in [0.15, 0.2) is 35.7 Å². The van der Waals surface area contributed by atoms with Crippen LogP contribution in [0.5, 0.6) is 0 Å². The molecule has 0 bridgehead atoms. The van der Waals surface area contributed by atoms with E-state index in [9.17, 15) is 4.39 Å². The lowest BCUT2D eigenvalue weighted by Crippen LogP contribution is -1.71. The highest BCUT2D eigenvalue weighted by atomic mass is 19.1. The molecule has 0 spiro atoms. The van der Waals surface area contributed by atoms with E-state index in [1.54, 1.807) is 19.9 Å². The topological polar surface area (TPSA) is 0 Å². The highest BCUT2D eigenvalue weighted by Crippen LogP contribution is 2.06. The maximum absolute atomic E-state index is 12.6. The zero-order valence-electron chi connectivity index (χ0n) is 6.74. The van der Waals surface area contributed by atoms with Gasteiger partial charge in [0.2, 0.25) is 0 Å². The minimum absolute atomic E-state index is 0.178. The Bertz CT molecular complexity index is 181. The molecule has 0 radical (unpaired) electrons. The molecule has 0 aromatic heterocycles. The molecule has 0 saturated carbocycles. The molecule has 0 aliphatic heterocycles. The molecular formula is C9H13F. The van der Waals surface area contributed by atoms with Crippen molar-refractivity contribution in [1.29, 1.82) is 0 Å². The van der Waals surface area contributed by atoms with E-state index < -0.39 is 0 Å². The minimum atomic E-state index is -0.178. The first-order valence-electron chi connectivity index (χ1n) is 3.20. The normalized spacial score (nSPS) is 10.0. The van der Waals surface area contributed by atoms with Gasteiger partial charge in [0.1, 0.15) is 5.83 Å². The Balaban J connectivity index is 4.16. The molecule has 0 fully saturated rings. The lowest BCUT2D eigenvalue weighted by Gasteiger charge is -1.89. The van der Waals surface area contributed by atoms with Gasteiger partial charge in [0.15, 0.2) is 0 Å². The molecule has 0 saturated heterocycles. The summed E-state index contributed by atoms with van der Waals surface area (Å²) >= 11 is 0. The van der Waals surface area contributed by atoms with Crippen LogP contribution in [0.1, 0.15) is 20.8 Å². The fraction of sp³-hybridized carbons (Fsp3) is 0.333. The van der Waals surface area contributed by atoms with Gasteiger partial charge in [-0.2, -0.15) is 0 Å². The van der Waals surface area contributed by atoms with E-state index in [-0.39, 0.29) is 5.83 Å². The third-order valence-electron chi connectivity index (χ3n) is 0.992. The zero-order chi connectivity index (χ0) is 8.15. The number of hydrogen-bond donors (Lipinski definition) is 0. The van der Waals surface area contributed by atoms with E-state index in [0.29, 0.717) is 5.57 Å². The number of halogens is 1. The van der Waals surface area contributed by atoms with Gasteiger partial charge < -0.3 is 0 Å². The Morgan fingerprint density at radius 2 is 1.70 bits per heavy atom. The number of allylic oxidation sites excluding steroid dienone is 5. The van der Waals surface area contributed by atoms with E-state index in [1.807, 2.05) is 6.92 Å². The van der Waals surface area contributed by atoms with Crippen LogP contribution >= 0.6 is 0 Å². The summed E-state index contributed by atoms with van der Waals surface area (Å²) < 4.78 is 12.6. The second kappa shape index (κ2) is 4.04. The van der Waals surface area contributed by atoms with Crippen molar-refractivity contribution in [2.45, 2.75) is 20.8 Å². The van der Waals surface area contributed by atoms with Gasteiger partial charge in [-0.3, -0.25) is 0 Å². The summed E-state index contributed by atoms with van der Waals surface area (Å²) in [7, 11) is 0. The molecule has 0 nitrogen and oxygen atoms in total. The number of hydrogen-bond acceptors (Lipinski definition) is 0. The zero-order valence-corrected chi connectivity index (χ0v) is 6.74. The van der Waals surface area contributed by atoms with Gasteiger partial charge in [0, 0.05) is 0 Å². The number of rotatable bonds is 2. The molecule has 0 amide bonds. The lowest BCUT2D eigenvalue weighted by molar-refractivity contribution is 0.654. The molecule has 0 unspecified atom stereocenters. The average Bonchev–Trinajstić information content (AvgIpc) is 1.82. The van der Waals surface area contributed by atoms with Crippen LogP contribution in [0.25, 0.3) is 0 Å². The van der Waals surface area contributed by atoms with Crippen LogP contribution in [-0.2, 0) is 0 Å². The van der Waals surface area contributed by atoms with Crippen molar-refractivity contribution in [3.63, 3.8) is 0 Å². The molecule has 1 heteroatoms. The Hall–Kier alpha value is -0.850. The molecule has 0 aliphatic carbocycles. The fourth-order valence-electron chi connectivity index (χ4n) is 0.382. The van der Waals surface area contributed by atoms with E-state index >= 15 is 0 Å². The highest BCUT2D eigenvalue weighted by molar-refractivity contribution is 5.23. The van der Waals surface area contributed by atoms with Crippen LogP contribution in [0.3, 0.4) is 0 Å². The summed E-state index contributed by atoms with van der Waals surface area (Å²) in [5.41, 5.74) is 1.55. The van der Waals surface area contributed by atoms with Crippen LogP contribution in [0, 0.1) is 0 Å². The van der Waals surface area contributed by atoms with Gasteiger partial charge >= 0.3 is 0 Å². The quantitative estimate of drug-likeness (QED) is 0.516. The van der Waals surface area contributed by atoms with Gasteiger partial charge in [-0.15, -0.1) is 0 Å². The van der Waals surface area contributed by atoms with Crippen LogP contribution in [0.2, 0.25) is 0 Å². The standard InChI is InChI=1S/C9H13F/c1-7(2)5-6-9(10)8(3)4/h5-6H,1H2,2-4H3/b6-5-. The van der Waals surface area contributed by atoms with Crippen molar-refractivity contribution in [2.24, 2.45) is 0 Å². The highest BCUT2D eigenvalue weighted by Gasteiger charge is 1.88. The molecule has 0 heterocycles. The van der Waals surface area contributed by atoms with E-state index in [4.69, 9.17) is 0 Å². The largest absolute Gasteiger partial charge is 0.207 e. The second-order valence-corrected chi connectivity index (χ2v) is 2.53. The third-order valence-corrected chi connectivity index (χ3v) is 0.992. The Kier molecular flexibility index (Phi) is 3.70. The van der Waals surface area contributed by atoms with Crippen molar-refractivity contribution in [1.82, 2.24) is 0 Å². The lowest BCUT2D eigenvalue weighted by atomic mass is 10.2. The fourth-order valence-corrected chi connectivity index (χ4v) is 0.382. The summed E-state index contributed by atoms with van der Waals surface area (Å²) in [6, 6.07) is 0. The van der Waals surface area contributed by atoms with Gasteiger partial charge in [0.05, 0.1) is 0 Å². The predicted octanol–water partition coefficient (Wildman–Crippen LogP) is 3.38. The van der Waals surface area contributed by atoms with E-state index in [2.05, 4.69) is 6.58 Å². The second-order valence-electron chi connectivity index (χ2n) is 2.53. The summed E-state index contributed by atoms with van der Waals surface area (Å²) in [4.78, 5) is 0. The molecule has 0 rings (SSSR count). The van der Waals surface area contributed by atoms with Crippen LogP contribution in [0.4, 0.5) is 4.39 Å². The van der Waals surface area contributed by atoms with Crippen molar-refractivity contribution in [3.8, 4) is 0 Å². The Morgan fingerprint density at radius 1 is 1.20 bits per heavy atom. The Morgan fingerprint density at radius 3 is 2.00 bits per heavy atom. The maximum Gasteiger partial charge on any atom is 0.121 e. The van der Waals surface area contributed by atoms with Crippen molar-refractivity contribution in [2.75, 3.05) is 0 Å². The third kappa shape index (κ3) is 4.07. The van der Waals surface area contributed by atoms with Gasteiger partial charge in [0.25, 0.3) is 0 Å². The molecular weight excluding hydrogens is 127 g/mol. The van der Waals surface area contributed by atoms with Crippen molar-refractivity contribution < 1.29 is 4.39 Å². The monoisotopic (exact) mass is 140 g/mol. The summed E-state index contributed by atoms with van der Waals surface area (Å²) in [6.07, 6.45) is 3.08. The van der Waals surface area contributed by atoms with E-state index in [1.165, 1.54) is 6.08 Å². The molecule has 10 heavy (non-hydrogen) atoms. The molecule has 56 valence electrons.